The maximum Gasteiger partial charge on any atom is 0.239 e. The van der Waals surface area contributed by atoms with Crippen LogP contribution in [0.2, 0.25) is 0 Å². The largest absolute Gasteiger partial charge is 0.507 e. The van der Waals surface area contributed by atoms with Gasteiger partial charge < -0.3 is 25.6 Å². The fraction of sp³-hybridized carbons (Fsp3) is 0.533. The molecule has 1 atom stereocenters. The minimum atomic E-state index is -1.59. The highest BCUT2D eigenvalue weighted by Gasteiger charge is 2.56. The van der Waals surface area contributed by atoms with Gasteiger partial charge in [0.1, 0.15) is 34.0 Å². The van der Waals surface area contributed by atoms with E-state index in [-0.39, 0.29) is 63.2 Å². The standard InChI is InChI=1S/C30H34N2O7/c1-13-25(36)23(15(3)33)27-24(26(13)37)29(4)20(39-27)8-19(34)22(28(29)38)14(2)31-12-21(35)32-30-9-16-5-17(10-30)7-18(6-16)11-30/h8,16-18,31,36-37H,5-7,9-12H2,1-4H3,(H,32,35)/t16?,17?,18?,29-,30?/m0/s1. The first-order chi connectivity index (χ1) is 18.3. The number of fused-ring (bicyclic) bond motifs is 3. The highest BCUT2D eigenvalue weighted by atomic mass is 16.5. The van der Waals surface area contributed by atoms with Crippen molar-refractivity contribution in [1.29, 1.82) is 0 Å². The summed E-state index contributed by atoms with van der Waals surface area (Å²) in [6, 6.07) is 0. The molecule has 1 aliphatic heterocycles. The van der Waals surface area contributed by atoms with Crippen molar-refractivity contribution in [1.82, 2.24) is 10.6 Å². The van der Waals surface area contributed by atoms with Crippen molar-refractivity contribution in [2.45, 2.75) is 77.2 Å². The van der Waals surface area contributed by atoms with Crippen LogP contribution < -0.4 is 15.4 Å². The van der Waals surface area contributed by atoms with E-state index < -0.39 is 28.5 Å². The van der Waals surface area contributed by atoms with Gasteiger partial charge in [0.25, 0.3) is 0 Å². The zero-order chi connectivity index (χ0) is 28.0. The topological polar surface area (TPSA) is 142 Å². The van der Waals surface area contributed by atoms with Crippen molar-refractivity contribution in [2.75, 3.05) is 6.54 Å². The Hall–Kier alpha value is -3.62. The van der Waals surface area contributed by atoms with Gasteiger partial charge in [-0.2, -0.15) is 0 Å². The fourth-order valence-electron chi connectivity index (χ4n) is 8.27. The molecule has 1 aromatic carbocycles. The number of amides is 1. The van der Waals surface area contributed by atoms with Crippen molar-refractivity contribution in [3.63, 3.8) is 0 Å². The number of benzene rings is 1. The van der Waals surface area contributed by atoms with Crippen molar-refractivity contribution < 1.29 is 34.1 Å². The fourth-order valence-corrected chi connectivity index (χ4v) is 8.27. The lowest BCUT2D eigenvalue weighted by molar-refractivity contribution is -0.126. The number of carbonyl (C=O) groups excluding carboxylic acids is 4. The number of phenols is 2. The Morgan fingerprint density at radius 1 is 1.03 bits per heavy atom. The lowest BCUT2D eigenvalue weighted by Gasteiger charge is -2.56. The molecule has 9 nitrogen and oxygen atoms in total. The van der Waals surface area contributed by atoms with E-state index in [0.717, 1.165) is 19.3 Å². The maximum absolute atomic E-state index is 13.9. The van der Waals surface area contributed by atoms with E-state index in [4.69, 9.17) is 4.74 Å². The predicted octanol–water partition coefficient (Wildman–Crippen LogP) is 3.24. The van der Waals surface area contributed by atoms with Crippen LogP contribution in [0.25, 0.3) is 0 Å². The van der Waals surface area contributed by atoms with Gasteiger partial charge >= 0.3 is 0 Å². The summed E-state index contributed by atoms with van der Waals surface area (Å²) in [5, 5.41) is 27.7. The molecule has 5 aliphatic carbocycles. The quantitative estimate of drug-likeness (QED) is 0.256. The van der Waals surface area contributed by atoms with Crippen LogP contribution in [-0.4, -0.2) is 45.6 Å². The van der Waals surface area contributed by atoms with Crippen LogP contribution in [0.1, 0.15) is 80.8 Å². The Bertz CT molecular complexity index is 1400. The van der Waals surface area contributed by atoms with Gasteiger partial charge in [0, 0.05) is 22.9 Å². The SMILES string of the molecule is CC(=O)c1c(O)c(C)c(O)c2c1OC1=CC(=O)C(=C(C)NCC(=O)NC34CC5CC(CC(C5)C3)C4)C(=O)[C@@]12C. The first kappa shape index (κ1) is 25.6. The van der Waals surface area contributed by atoms with E-state index in [1.807, 2.05) is 0 Å². The molecule has 39 heavy (non-hydrogen) atoms. The minimum Gasteiger partial charge on any atom is -0.507 e. The lowest BCUT2D eigenvalue weighted by atomic mass is 9.53. The van der Waals surface area contributed by atoms with Crippen molar-refractivity contribution >= 4 is 23.3 Å². The van der Waals surface area contributed by atoms with Crippen molar-refractivity contribution in [3.05, 3.63) is 39.8 Å². The predicted molar refractivity (Wildman–Crippen MR) is 140 cm³/mol. The molecule has 0 radical (unpaired) electrons. The summed E-state index contributed by atoms with van der Waals surface area (Å²) in [6.45, 7) is 5.70. The average molecular weight is 535 g/mol. The molecule has 0 aromatic heterocycles. The number of Topliss-reactive ketones (excluding diaryl/α,β-unsaturated/α-hetero) is 2. The number of ketones is 3. The van der Waals surface area contributed by atoms with Gasteiger partial charge in [-0.05, 0) is 84.0 Å². The second kappa shape index (κ2) is 8.44. The Kier molecular flexibility index (Phi) is 5.55. The third-order valence-electron chi connectivity index (χ3n) is 9.72. The molecule has 4 N–H and O–H groups in total. The normalized spacial score (nSPS) is 33.2. The Morgan fingerprint density at radius 3 is 2.18 bits per heavy atom. The molecule has 1 heterocycles. The van der Waals surface area contributed by atoms with E-state index in [2.05, 4.69) is 10.6 Å². The summed E-state index contributed by atoms with van der Waals surface area (Å²) < 4.78 is 5.80. The highest BCUT2D eigenvalue weighted by Crippen LogP contribution is 2.58. The van der Waals surface area contributed by atoms with Crippen LogP contribution in [0, 0.1) is 24.7 Å². The molecule has 0 unspecified atom stereocenters. The molecule has 206 valence electrons. The first-order valence-electron chi connectivity index (χ1n) is 13.7. The summed E-state index contributed by atoms with van der Waals surface area (Å²) in [7, 11) is 0. The Balaban J connectivity index is 1.27. The van der Waals surface area contributed by atoms with Gasteiger partial charge in [0.15, 0.2) is 17.3 Å². The van der Waals surface area contributed by atoms with Crippen LogP contribution in [-0.2, 0) is 19.8 Å². The number of allylic oxidation sites excluding steroid dienone is 4. The van der Waals surface area contributed by atoms with Crippen LogP contribution in [0.5, 0.6) is 17.2 Å². The molecule has 9 heteroatoms. The number of aromatic hydroxyl groups is 2. The van der Waals surface area contributed by atoms with E-state index >= 15 is 0 Å². The molecule has 0 saturated heterocycles. The third-order valence-corrected chi connectivity index (χ3v) is 9.72. The molecule has 7 rings (SSSR count). The van der Waals surface area contributed by atoms with Crippen LogP contribution in [0.4, 0.5) is 0 Å². The van der Waals surface area contributed by atoms with Gasteiger partial charge in [-0.1, -0.05) is 0 Å². The second-order valence-corrected chi connectivity index (χ2v) is 12.5. The molecule has 1 aromatic rings. The monoisotopic (exact) mass is 534 g/mol. The van der Waals surface area contributed by atoms with Crippen LogP contribution >= 0.6 is 0 Å². The number of carbonyl (C=O) groups is 4. The summed E-state index contributed by atoms with van der Waals surface area (Å²) in [5.41, 5.74) is -1.70. The maximum atomic E-state index is 13.9. The number of nitrogens with one attached hydrogen (secondary N) is 2. The molecule has 4 bridgehead atoms. The van der Waals surface area contributed by atoms with Crippen LogP contribution in [0.15, 0.2) is 23.1 Å². The zero-order valence-corrected chi connectivity index (χ0v) is 22.7. The van der Waals surface area contributed by atoms with Gasteiger partial charge in [-0.25, -0.2) is 0 Å². The number of hydrogen-bond donors (Lipinski definition) is 4. The van der Waals surface area contributed by atoms with Gasteiger partial charge in [-0.3, -0.25) is 19.2 Å². The molecule has 1 amide bonds. The molecule has 4 saturated carbocycles. The van der Waals surface area contributed by atoms with E-state index in [1.165, 1.54) is 46.1 Å². The number of rotatable bonds is 5. The minimum absolute atomic E-state index is 0.0218. The third kappa shape index (κ3) is 3.65. The summed E-state index contributed by atoms with van der Waals surface area (Å²) >= 11 is 0. The molecule has 6 aliphatic rings. The van der Waals surface area contributed by atoms with Crippen LogP contribution in [0.3, 0.4) is 0 Å². The average Bonchev–Trinajstić information content (AvgIpc) is 3.13. The van der Waals surface area contributed by atoms with E-state index in [0.29, 0.717) is 17.8 Å². The Labute approximate surface area is 226 Å². The van der Waals surface area contributed by atoms with Gasteiger partial charge in [-0.15, -0.1) is 0 Å². The number of hydrogen-bond acceptors (Lipinski definition) is 8. The van der Waals surface area contributed by atoms with E-state index in [9.17, 15) is 29.4 Å². The van der Waals surface area contributed by atoms with Gasteiger partial charge in [0.2, 0.25) is 5.91 Å². The van der Waals surface area contributed by atoms with Crippen molar-refractivity contribution in [2.24, 2.45) is 17.8 Å². The zero-order valence-electron chi connectivity index (χ0n) is 22.7. The summed E-state index contributed by atoms with van der Waals surface area (Å²) in [5.74, 6) is -0.779. The van der Waals surface area contributed by atoms with Crippen molar-refractivity contribution in [3.8, 4) is 17.2 Å². The lowest BCUT2D eigenvalue weighted by Crippen LogP contribution is -2.60. The highest BCUT2D eigenvalue weighted by molar-refractivity contribution is 6.31. The molecule has 4 fully saturated rings. The summed E-state index contributed by atoms with van der Waals surface area (Å²) in [4.78, 5) is 52.4. The molecular formula is C30H34N2O7. The first-order valence-corrected chi connectivity index (χ1v) is 13.7. The summed E-state index contributed by atoms with van der Waals surface area (Å²) in [6.07, 6.45) is 8.05. The molecule has 0 spiro atoms. The number of phenolic OH excluding ortho intramolecular Hbond substituents is 2. The smallest absolute Gasteiger partial charge is 0.239 e. The number of ether oxygens (including phenoxy) is 1. The molecular weight excluding hydrogens is 500 g/mol. The van der Waals surface area contributed by atoms with Gasteiger partial charge in [0.05, 0.1) is 17.7 Å². The second-order valence-electron chi connectivity index (χ2n) is 12.5. The Morgan fingerprint density at radius 2 is 1.62 bits per heavy atom. The van der Waals surface area contributed by atoms with E-state index in [1.54, 1.807) is 6.92 Å².